The van der Waals surface area contributed by atoms with E-state index < -0.39 is 40.5 Å². The van der Waals surface area contributed by atoms with Crippen LogP contribution in [0, 0.1) is 23.6 Å². The summed E-state index contributed by atoms with van der Waals surface area (Å²) in [5.41, 5.74) is 6.87. The van der Waals surface area contributed by atoms with Gasteiger partial charge in [-0.2, -0.15) is 0 Å². The third-order valence-corrected chi connectivity index (χ3v) is 18.2. The molecule has 0 radical (unpaired) electrons. The van der Waals surface area contributed by atoms with Gasteiger partial charge in [-0.15, -0.1) is 16.4 Å². The number of carbonyl (C=O) groups excluding carboxylic acids is 5. The summed E-state index contributed by atoms with van der Waals surface area (Å²) in [4.78, 5) is 81.0. The van der Waals surface area contributed by atoms with Gasteiger partial charge in [-0.3, -0.25) is 29.0 Å². The molecule has 1 saturated carbocycles. The van der Waals surface area contributed by atoms with E-state index >= 15 is 0 Å². The Kier molecular flexibility index (Phi) is 22.2. The van der Waals surface area contributed by atoms with Gasteiger partial charge in [0, 0.05) is 61.8 Å². The zero-order chi connectivity index (χ0) is 63.1. The Bertz CT molecular complexity index is 3520. The lowest BCUT2D eigenvalue weighted by Crippen LogP contribution is -2.58. The summed E-state index contributed by atoms with van der Waals surface area (Å²) in [6, 6.07) is 25.1. The fourth-order valence-corrected chi connectivity index (χ4v) is 12.4. The van der Waals surface area contributed by atoms with Crippen LogP contribution in [0.5, 0.6) is 17.2 Å². The summed E-state index contributed by atoms with van der Waals surface area (Å²) in [5.74, 6) is 0.0197. The predicted octanol–water partition coefficient (Wildman–Crippen LogP) is 13.3. The van der Waals surface area contributed by atoms with Crippen molar-refractivity contribution in [2.75, 3.05) is 42.3 Å². The van der Waals surface area contributed by atoms with E-state index in [4.69, 9.17) is 14.5 Å². The highest BCUT2D eigenvalue weighted by atomic mass is 32.1. The van der Waals surface area contributed by atoms with Crippen molar-refractivity contribution in [3.63, 3.8) is 0 Å². The Morgan fingerprint density at radius 2 is 1.43 bits per heavy atom. The normalized spacial score (nSPS) is 14.6. The van der Waals surface area contributed by atoms with Crippen molar-refractivity contribution in [2.45, 2.75) is 169 Å². The monoisotopic (exact) mass is 1230 g/mol. The predicted molar refractivity (Wildman–Crippen MR) is 348 cm³/mol. The molecule has 4 N–H and O–H groups in total. The summed E-state index contributed by atoms with van der Waals surface area (Å²) in [5, 5.41) is 21.6. The first-order valence-corrected chi connectivity index (χ1v) is 32.5. The van der Waals surface area contributed by atoms with E-state index in [-0.39, 0.29) is 23.8 Å². The molecule has 1 saturated heterocycles. The number of hydrogen-bond acceptors (Lipinski definition) is 13. The highest BCUT2D eigenvalue weighted by molar-refractivity contribution is 7.13. The first-order chi connectivity index (χ1) is 42.9. The number of halogens is 1. The topological polar surface area (TPSA) is 215 Å². The number of nitrogens with zero attached hydrogens (tertiary/aromatic N) is 7. The molecule has 0 unspecified atom stereocenters. The molecular weight excluding hydrogens is 1150 g/mol. The van der Waals surface area contributed by atoms with Gasteiger partial charge in [0.1, 0.15) is 40.6 Å². The average molecular weight is 1230 g/mol. The largest absolute Gasteiger partial charge is 0.495 e. The molecule has 18 nitrogen and oxygen atoms in total. The first kappa shape index (κ1) is 65.2. The number of likely N-dealkylation sites (N-methyl/N-ethyl adjacent to an activating group) is 1. The van der Waals surface area contributed by atoms with E-state index in [2.05, 4.69) is 53.7 Å². The summed E-state index contributed by atoms with van der Waals surface area (Å²) in [6.07, 6.45) is 18.7. The Morgan fingerprint density at radius 3 is 2.02 bits per heavy atom. The molecule has 3 aromatic heterocycles. The zero-order valence-corrected chi connectivity index (χ0v) is 53.4. The van der Waals surface area contributed by atoms with Gasteiger partial charge in [0.2, 0.25) is 29.5 Å². The highest BCUT2D eigenvalue weighted by Crippen LogP contribution is 2.48. The van der Waals surface area contributed by atoms with E-state index in [0.29, 0.717) is 55.2 Å². The van der Waals surface area contributed by atoms with Crippen LogP contribution < -0.4 is 35.6 Å². The Balaban J connectivity index is 0.628. The number of anilines is 3. The number of ether oxygens (including phenoxy) is 2. The molecule has 9 rings (SSSR count). The van der Waals surface area contributed by atoms with E-state index in [1.807, 2.05) is 81.2 Å². The molecule has 1 aliphatic carbocycles. The van der Waals surface area contributed by atoms with Gasteiger partial charge in [0.15, 0.2) is 0 Å². The summed E-state index contributed by atoms with van der Waals surface area (Å²) >= 11 is 1.60. The van der Waals surface area contributed by atoms with Gasteiger partial charge in [-0.25, -0.2) is 14.1 Å². The lowest BCUT2D eigenvalue weighted by Gasteiger charge is -2.36. The molecule has 0 bridgehead atoms. The van der Waals surface area contributed by atoms with E-state index in [1.54, 1.807) is 60.7 Å². The summed E-state index contributed by atoms with van der Waals surface area (Å²) in [7, 11) is 1.67. The summed E-state index contributed by atoms with van der Waals surface area (Å²) < 4.78 is 27.7. The van der Waals surface area contributed by atoms with Crippen molar-refractivity contribution in [3.05, 3.63) is 132 Å². The molecule has 5 amide bonds. The number of piperidine rings is 1. The molecule has 2 aliphatic rings. The van der Waals surface area contributed by atoms with Crippen LogP contribution in [0.25, 0.3) is 21.3 Å². The number of nitrogens with one attached hydrogen (secondary N) is 4. The lowest BCUT2D eigenvalue weighted by atomic mass is 9.85. The maximum Gasteiger partial charge on any atom is 0.246 e. The number of methoxy groups -OCH3 is 1. The smallest absolute Gasteiger partial charge is 0.246 e. The maximum atomic E-state index is 14.0. The summed E-state index contributed by atoms with van der Waals surface area (Å²) in [6.45, 7) is 13.7. The molecule has 472 valence electrons. The van der Waals surface area contributed by atoms with Crippen LogP contribution >= 0.6 is 11.3 Å². The molecule has 20 heteroatoms. The van der Waals surface area contributed by atoms with Crippen LogP contribution in [-0.2, 0) is 36.9 Å². The van der Waals surface area contributed by atoms with Crippen molar-refractivity contribution in [2.24, 2.45) is 10.8 Å². The third kappa shape index (κ3) is 17.1. The number of rotatable bonds is 30. The van der Waals surface area contributed by atoms with Crippen LogP contribution in [0.1, 0.15) is 154 Å². The number of aryl methyl sites for hydroxylation is 2. The fraction of sp³-hybridized carbons (Fsp3) is 0.464. The molecule has 0 spiro atoms. The van der Waals surface area contributed by atoms with Crippen LogP contribution in [0.15, 0.2) is 109 Å². The first-order valence-electron chi connectivity index (χ1n) is 31.6. The second kappa shape index (κ2) is 30.3. The lowest BCUT2D eigenvalue weighted by molar-refractivity contribution is -0.145. The maximum absolute atomic E-state index is 14.0. The SMILES string of the molecule is CCN(C(=O)[C@@H](NC(=O)CCCCCCCCCCCCc1cn(C2CCN(c3cc4nccc(Oc5ccc(NC(=O)C6(C(=O)Nc7ccc(F)cc7)CC6)cc5)c4cc3OC)CC2)nn1)C(C)(C)C)[C@@H](C)C(=O)NCc1ccc(-c2scnc2C)cc1. The number of benzene rings is 4. The molecule has 4 aromatic carbocycles. The number of unbranched alkanes of at least 4 members (excludes halogenated alkanes) is 9. The van der Waals surface area contributed by atoms with Crippen LogP contribution in [-0.4, -0.2) is 98.2 Å². The second-order valence-corrected chi connectivity index (χ2v) is 25.6. The molecule has 4 heterocycles. The molecule has 2 atom stereocenters. The minimum absolute atomic E-state index is 0.136. The average Bonchev–Trinajstić information content (AvgIpc) is 2.03. The van der Waals surface area contributed by atoms with E-state index in [0.717, 1.165) is 121 Å². The van der Waals surface area contributed by atoms with E-state index in [9.17, 15) is 28.4 Å². The van der Waals surface area contributed by atoms with Gasteiger partial charge in [-0.05, 0) is 149 Å². The number of pyridine rings is 1. The van der Waals surface area contributed by atoms with Gasteiger partial charge in [0.05, 0.1) is 46.1 Å². The number of amides is 5. The fourth-order valence-electron chi connectivity index (χ4n) is 11.6. The number of carbonyl (C=O) groups is 5. The Labute approximate surface area is 526 Å². The number of aromatic nitrogens is 5. The highest BCUT2D eigenvalue weighted by Gasteiger charge is 2.56. The number of fused-ring (bicyclic) bond motifs is 1. The van der Waals surface area contributed by atoms with Gasteiger partial charge in [0.25, 0.3) is 0 Å². The molecule has 2 fully saturated rings. The Morgan fingerprint density at radius 1 is 0.798 bits per heavy atom. The second-order valence-electron chi connectivity index (χ2n) is 24.8. The molecule has 1 aliphatic heterocycles. The quantitative estimate of drug-likeness (QED) is 0.0244. The van der Waals surface area contributed by atoms with E-state index in [1.165, 1.54) is 49.9 Å². The third-order valence-electron chi connectivity index (χ3n) is 17.2. The number of hydrogen-bond donors (Lipinski definition) is 4. The van der Waals surface area contributed by atoms with Crippen molar-refractivity contribution in [1.29, 1.82) is 0 Å². The van der Waals surface area contributed by atoms with Crippen LogP contribution in [0.4, 0.5) is 21.5 Å². The van der Waals surface area contributed by atoms with Crippen molar-refractivity contribution in [1.82, 2.24) is 40.5 Å². The standard InChI is InChI=1S/C69H86FN11O7S/c1-8-80(47(3)64(83)72-43-48-21-23-49(24-22-48)62-46(2)73-45-89-62)65(84)63(68(4,5)6)76-61(82)20-18-16-14-12-10-9-11-13-15-17-19-53-44-81(78-77-53)54-34-39-79(40-35-54)58-42-57-56(41-60(58)87-7)59(33-38-71-57)88-55-31-29-52(30-32-55)75-67(86)69(36-37-69)66(85)74-51-27-25-50(70)26-28-51/h21-33,38,41-42,44-45,47,54,63H,8-20,34-37,39-40,43H2,1-7H3,(H,72,83)(H,74,85)(H,75,86)(H,76,82)/t47-,63+/m0/s1. The minimum atomic E-state index is -1.18. The minimum Gasteiger partial charge on any atom is -0.495 e. The van der Waals surface area contributed by atoms with Crippen molar-refractivity contribution >= 4 is 68.8 Å². The van der Waals surface area contributed by atoms with Gasteiger partial charge >= 0.3 is 0 Å². The molecule has 89 heavy (non-hydrogen) atoms. The Hall–Kier alpha value is -8.26. The van der Waals surface area contributed by atoms with Gasteiger partial charge in [-0.1, -0.05) is 102 Å². The van der Waals surface area contributed by atoms with Crippen molar-refractivity contribution in [3.8, 4) is 27.7 Å². The number of thiazole rings is 1. The van der Waals surface area contributed by atoms with Crippen LogP contribution in [0.3, 0.4) is 0 Å². The molecule has 7 aromatic rings. The van der Waals surface area contributed by atoms with Crippen molar-refractivity contribution < 1.29 is 37.8 Å². The zero-order valence-electron chi connectivity index (χ0n) is 52.5. The van der Waals surface area contributed by atoms with Gasteiger partial charge < -0.3 is 40.5 Å². The molecular formula is C69H86FN11O7S. The van der Waals surface area contributed by atoms with Crippen LogP contribution in [0.2, 0.25) is 0 Å².